The van der Waals surface area contributed by atoms with Crippen molar-refractivity contribution in [1.29, 1.82) is 0 Å². The van der Waals surface area contributed by atoms with E-state index in [1.165, 1.54) is 17.5 Å². The number of aromatic carboxylic acids is 1. The minimum absolute atomic E-state index is 0.0800. The molecule has 5 nitrogen and oxygen atoms in total. The predicted molar refractivity (Wildman–Crippen MR) is 68.2 cm³/mol. The number of thiazole rings is 1. The summed E-state index contributed by atoms with van der Waals surface area (Å²) in [6, 6.07) is 3.09. The van der Waals surface area contributed by atoms with Crippen molar-refractivity contribution in [3.05, 3.63) is 45.7 Å². The lowest BCUT2D eigenvalue weighted by Crippen LogP contribution is -2.14. The van der Waals surface area contributed by atoms with E-state index < -0.39 is 17.7 Å². The molecule has 1 aromatic carbocycles. The fourth-order valence-corrected chi connectivity index (χ4v) is 2.13. The standard InChI is InChI=1S/C12H9FN2O3S/c1-6-14-5-10(19-6)11(16)15-9-4-7(13)2-3-8(9)12(17)18/h2-5H,1H3,(H,15,16)(H,17,18). The number of nitrogens with one attached hydrogen (secondary N) is 1. The second-order valence-electron chi connectivity index (χ2n) is 3.69. The second-order valence-corrected chi connectivity index (χ2v) is 4.93. The molecule has 2 N–H and O–H groups in total. The van der Waals surface area contributed by atoms with Gasteiger partial charge in [0.1, 0.15) is 10.7 Å². The highest BCUT2D eigenvalue weighted by molar-refractivity contribution is 7.13. The highest BCUT2D eigenvalue weighted by Crippen LogP contribution is 2.20. The molecular formula is C12H9FN2O3S. The Labute approximate surface area is 111 Å². The lowest BCUT2D eigenvalue weighted by molar-refractivity contribution is 0.0698. The van der Waals surface area contributed by atoms with Crippen molar-refractivity contribution in [2.45, 2.75) is 6.92 Å². The van der Waals surface area contributed by atoms with Gasteiger partial charge in [-0.15, -0.1) is 11.3 Å². The van der Waals surface area contributed by atoms with Crippen LogP contribution in [0.5, 0.6) is 0 Å². The molecule has 0 aliphatic rings. The zero-order valence-corrected chi connectivity index (χ0v) is 10.6. The molecule has 0 radical (unpaired) electrons. The lowest BCUT2D eigenvalue weighted by Gasteiger charge is -2.07. The van der Waals surface area contributed by atoms with Crippen LogP contribution >= 0.6 is 11.3 Å². The van der Waals surface area contributed by atoms with Crippen molar-refractivity contribution in [3.8, 4) is 0 Å². The summed E-state index contributed by atoms with van der Waals surface area (Å²) in [5, 5.41) is 12.0. The number of amides is 1. The largest absolute Gasteiger partial charge is 0.478 e. The Morgan fingerprint density at radius 1 is 1.42 bits per heavy atom. The van der Waals surface area contributed by atoms with E-state index in [0.717, 1.165) is 18.2 Å². The van der Waals surface area contributed by atoms with Crippen molar-refractivity contribution in [3.63, 3.8) is 0 Å². The van der Waals surface area contributed by atoms with Crippen LogP contribution in [-0.2, 0) is 0 Å². The smallest absolute Gasteiger partial charge is 0.337 e. The molecule has 1 amide bonds. The third-order valence-corrected chi connectivity index (χ3v) is 3.22. The molecule has 0 saturated carbocycles. The summed E-state index contributed by atoms with van der Waals surface area (Å²) in [6.07, 6.45) is 1.38. The van der Waals surface area contributed by atoms with E-state index in [0.29, 0.717) is 9.88 Å². The zero-order chi connectivity index (χ0) is 14.0. The maximum absolute atomic E-state index is 13.1. The number of anilines is 1. The first-order valence-electron chi connectivity index (χ1n) is 5.24. The molecule has 0 spiro atoms. The highest BCUT2D eigenvalue weighted by Gasteiger charge is 2.15. The van der Waals surface area contributed by atoms with Gasteiger partial charge in [-0.25, -0.2) is 14.2 Å². The fourth-order valence-electron chi connectivity index (χ4n) is 1.46. The first kappa shape index (κ1) is 13.2. The van der Waals surface area contributed by atoms with Gasteiger partial charge in [0.25, 0.3) is 5.91 Å². The van der Waals surface area contributed by atoms with Crippen LogP contribution in [0.15, 0.2) is 24.4 Å². The van der Waals surface area contributed by atoms with Gasteiger partial charge < -0.3 is 10.4 Å². The molecule has 0 unspecified atom stereocenters. The summed E-state index contributed by atoms with van der Waals surface area (Å²) in [6.45, 7) is 1.74. The van der Waals surface area contributed by atoms with Crippen molar-refractivity contribution < 1.29 is 19.1 Å². The zero-order valence-electron chi connectivity index (χ0n) is 9.81. The predicted octanol–water partition coefficient (Wildman–Crippen LogP) is 2.54. The first-order chi connectivity index (χ1) is 8.97. The average molecular weight is 280 g/mol. The van der Waals surface area contributed by atoms with Gasteiger partial charge in [0, 0.05) is 0 Å². The van der Waals surface area contributed by atoms with Gasteiger partial charge in [-0.2, -0.15) is 0 Å². The number of carbonyl (C=O) groups excluding carboxylic acids is 1. The summed E-state index contributed by atoms with van der Waals surface area (Å²) in [4.78, 5) is 27.1. The number of carboxylic acid groups (broad SMARTS) is 1. The summed E-state index contributed by atoms with van der Waals surface area (Å²) in [5.41, 5.74) is -0.250. The molecule has 1 heterocycles. The Bertz CT molecular complexity index is 654. The summed E-state index contributed by atoms with van der Waals surface area (Å²) < 4.78 is 13.1. The van der Waals surface area contributed by atoms with E-state index in [2.05, 4.69) is 10.3 Å². The number of aryl methyl sites for hydroxylation is 1. The van der Waals surface area contributed by atoms with Crippen LogP contribution in [0.1, 0.15) is 25.0 Å². The van der Waals surface area contributed by atoms with E-state index in [4.69, 9.17) is 5.11 Å². The van der Waals surface area contributed by atoms with E-state index in [9.17, 15) is 14.0 Å². The molecule has 0 saturated heterocycles. The maximum Gasteiger partial charge on any atom is 0.337 e. The molecule has 1 aromatic heterocycles. The van der Waals surface area contributed by atoms with Gasteiger partial charge in [0.2, 0.25) is 0 Å². The number of hydrogen-bond donors (Lipinski definition) is 2. The van der Waals surface area contributed by atoms with Crippen LogP contribution in [-0.4, -0.2) is 22.0 Å². The quantitative estimate of drug-likeness (QED) is 0.905. The molecule has 0 atom stereocenters. The summed E-state index contributed by atoms with van der Waals surface area (Å²) >= 11 is 1.17. The van der Waals surface area contributed by atoms with Gasteiger partial charge in [-0.1, -0.05) is 0 Å². The number of carbonyl (C=O) groups is 2. The van der Waals surface area contributed by atoms with Gasteiger partial charge in [-0.05, 0) is 25.1 Å². The van der Waals surface area contributed by atoms with Crippen LogP contribution in [0.2, 0.25) is 0 Å². The van der Waals surface area contributed by atoms with E-state index in [1.807, 2.05) is 0 Å². The highest BCUT2D eigenvalue weighted by atomic mass is 32.1. The molecular weight excluding hydrogens is 271 g/mol. The van der Waals surface area contributed by atoms with Crippen molar-refractivity contribution in [2.75, 3.05) is 5.32 Å². The van der Waals surface area contributed by atoms with Crippen LogP contribution in [0.4, 0.5) is 10.1 Å². The van der Waals surface area contributed by atoms with E-state index >= 15 is 0 Å². The molecule has 19 heavy (non-hydrogen) atoms. The number of rotatable bonds is 3. The Morgan fingerprint density at radius 3 is 2.74 bits per heavy atom. The molecule has 0 bridgehead atoms. The minimum Gasteiger partial charge on any atom is -0.478 e. The molecule has 0 aliphatic carbocycles. The summed E-state index contributed by atoms with van der Waals surface area (Å²) in [5.74, 6) is -2.38. The fraction of sp³-hybridized carbons (Fsp3) is 0.0833. The Balaban J connectivity index is 2.30. The van der Waals surface area contributed by atoms with Gasteiger partial charge in [0.15, 0.2) is 0 Å². The average Bonchev–Trinajstić information content (AvgIpc) is 2.75. The van der Waals surface area contributed by atoms with Crippen LogP contribution in [0, 0.1) is 12.7 Å². The monoisotopic (exact) mass is 280 g/mol. The normalized spacial score (nSPS) is 10.2. The van der Waals surface area contributed by atoms with Crippen molar-refractivity contribution >= 4 is 28.9 Å². The van der Waals surface area contributed by atoms with Crippen molar-refractivity contribution in [2.24, 2.45) is 0 Å². The molecule has 7 heteroatoms. The molecule has 0 aliphatic heterocycles. The lowest BCUT2D eigenvalue weighted by atomic mass is 10.1. The van der Waals surface area contributed by atoms with E-state index in [1.54, 1.807) is 6.92 Å². The van der Waals surface area contributed by atoms with Crippen LogP contribution < -0.4 is 5.32 Å². The number of halogens is 1. The second kappa shape index (κ2) is 5.15. The first-order valence-corrected chi connectivity index (χ1v) is 6.05. The topological polar surface area (TPSA) is 79.3 Å². The maximum atomic E-state index is 13.1. The van der Waals surface area contributed by atoms with Gasteiger partial charge >= 0.3 is 5.97 Å². The van der Waals surface area contributed by atoms with Crippen LogP contribution in [0.3, 0.4) is 0 Å². The number of aromatic nitrogens is 1. The SMILES string of the molecule is Cc1ncc(C(=O)Nc2cc(F)ccc2C(=O)O)s1. The Kier molecular flexibility index (Phi) is 3.57. The van der Waals surface area contributed by atoms with Gasteiger partial charge in [-0.3, -0.25) is 4.79 Å². The summed E-state index contributed by atoms with van der Waals surface area (Å²) in [7, 11) is 0. The Hall–Kier alpha value is -2.28. The molecule has 2 aromatic rings. The molecule has 0 fully saturated rings. The molecule has 98 valence electrons. The number of hydrogen-bond acceptors (Lipinski definition) is 4. The third-order valence-electron chi connectivity index (χ3n) is 2.31. The van der Waals surface area contributed by atoms with Crippen molar-refractivity contribution in [1.82, 2.24) is 4.98 Å². The van der Waals surface area contributed by atoms with Gasteiger partial charge in [0.05, 0.1) is 22.5 Å². The van der Waals surface area contributed by atoms with Crippen LogP contribution in [0.25, 0.3) is 0 Å². The number of nitrogens with zero attached hydrogens (tertiary/aromatic N) is 1. The minimum atomic E-state index is -1.24. The third kappa shape index (κ3) is 2.94. The number of carboxylic acids is 1. The Morgan fingerprint density at radius 2 is 2.16 bits per heavy atom. The van der Waals surface area contributed by atoms with E-state index in [-0.39, 0.29) is 11.3 Å². The molecule has 2 rings (SSSR count). The number of benzene rings is 1.